The van der Waals surface area contributed by atoms with Crippen molar-refractivity contribution in [2.75, 3.05) is 11.5 Å². The van der Waals surface area contributed by atoms with Gasteiger partial charge in [0.05, 0.1) is 0 Å². The third-order valence-corrected chi connectivity index (χ3v) is 4.73. The minimum atomic E-state index is -0.370. The summed E-state index contributed by atoms with van der Waals surface area (Å²) < 4.78 is 1.26. The zero-order chi connectivity index (χ0) is 13.4. The van der Waals surface area contributed by atoms with Crippen molar-refractivity contribution < 1.29 is 0 Å². The highest BCUT2D eigenvalue weighted by molar-refractivity contribution is 7.16. The second-order valence-electron chi connectivity index (χ2n) is 5.10. The minimum absolute atomic E-state index is 0.0230. The van der Waals surface area contributed by atoms with E-state index in [0.29, 0.717) is 4.96 Å². The van der Waals surface area contributed by atoms with Gasteiger partial charge >= 0.3 is 5.56 Å². The Hall–Kier alpha value is -1.63. The van der Waals surface area contributed by atoms with E-state index < -0.39 is 0 Å². The Bertz CT molecular complexity index is 656. The number of nitrogens with zero attached hydrogens (tertiary/aromatic N) is 3. The maximum absolute atomic E-state index is 11.9. The predicted octanol–water partition coefficient (Wildman–Crippen LogP) is 1.44. The van der Waals surface area contributed by atoms with Crippen LogP contribution in [0.3, 0.4) is 0 Å². The topological polar surface area (TPSA) is 99.3 Å². The molecular weight excluding hydrogens is 262 g/mol. The molecule has 0 atom stereocenters. The summed E-state index contributed by atoms with van der Waals surface area (Å²) in [6, 6.07) is 0. The Labute approximate surface area is 114 Å². The molecule has 0 unspecified atom stereocenters. The lowest BCUT2D eigenvalue weighted by atomic mass is 10.0. The van der Waals surface area contributed by atoms with Gasteiger partial charge in [-0.05, 0) is 12.3 Å². The molecule has 1 aliphatic rings. The van der Waals surface area contributed by atoms with Gasteiger partial charge in [-0.1, -0.05) is 37.0 Å². The minimum Gasteiger partial charge on any atom is -0.391 e. The summed E-state index contributed by atoms with van der Waals surface area (Å²) in [4.78, 5) is 16.5. The predicted molar refractivity (Wildman–Crippen MR) is 76.2 cm³/mol. The number of hydrogen-bond donors (Lipinski definition) is 2. The second-order valence-corrected chi connectivity index (χ2v) is 6.14. The molecule has 1 fully saturated rings. The van der Waals surface area contributed by atoms with Crippen molar-refractivity contribution in [2.45, 2.75) is 38.5 Å². The van der Waals surface area contributed by atoms with Crippen LogP contribution in [0.4, 0.5) is 11.5 Å². The molecule has 19 heavy (non-hydrogen) atoms. The lowest BCUT2D eigenvalue weighted by Gasteiger charge is -2.05. The van der Waals surface area contributed by atoms with E-state index >= 15 is 0 Å². The number of fused-ring (bicyclic) bond motifs is 1. The number of aryl methyl sites for hydroxylation is 1. The van der Waals surface area contributed by atoms with Crippen molar-refractivity contribution in [3.63, 3.8) is 0 Å². The largest absolute Gasteiger partial charge is 0.391 e. The first kappa shape index (κ1) is 12.4. The molecule has 0 bridgehead atoms. The first-order valence-corrected chi connectivity index (χ1v) is 7.40. The van der Waals surface area contributed by atoms with E-state index in [1.165, 1.54) is 41.5 Å². The highest BCUT2D eigenvalue weighted by atomic mass is 32.1. The van der Waals surface area contributed by atoms with Gasteiger partial charge in [0.1, 0.15) is 10.7 Å². The Morgan fingerprint density at radius 1 is 1.32 bits per heavy atom. The standard InChI is InChI=1S/C12H17N5OS/c13-9-10(14)15-12-17(11(9)18)16-8(19-12)6-5-7-3-1-2-4-7/h7H,1-6,13-14H2. The molecule has 102 valence electrons. The number of anilines is 2. The molecule has 7 heteroatoms. The van der Waals surface area contributed by atoms with Crippen molar-refractivity contribution in [1.29, 1.82) is 0 Å². The first-order chi connectivity index (χ1) is 9.15. The van der Waals surface area contributed by atoms with Crippen LogP contribution < -0.4 is 17.0 Å². The third kappa shape index (κ3) is 2.30. The lowest BCUT2D eigenvalue weighted by molar-refractivity contribution is 0.502. The van der Waals surface area contributed by atoms with Gasteiger partial charge in [-0.3, -0.25) is 4.79 Å². The average Bonchev–Trinajstić information content (AvgIpc) is 3.02. The molecule has 0 aromatic carbocycles. The summed E-state index contributed by atoms with van der Waals surface area (Å²) in [6.07, 6.45) is 7.38. The molecule has 6 nitrogen and oxygen atoms in total. The van der Waals surface area contributed by atoms with E-state index in [2.05, 4.69) is 10.1 Å². The summed E-state index contributed by atoms with van der Waals surface area (Å²) in [7, 11) is 0. The Balaban J connectivity index is 1.85. The molecule has 3 rings (SSSR count). The Morgan fingerprint density at radius 3 is 2.79 bits per heavy atom. The molecule has 2 aromatic rings. The smallest absolute Gasteiger partial charge is 0.300 e. The summed E-state index contributed by atoms with van der Waals surface area (Å²) >= 11 is 1.42. The number of rotatable bonds is 3. The zero-order valence-electron chi connectivity index (χ0n) is 10.6. The van der Waals surface area contributed by atoms with Gasteiger partial charge in [0, 0.05) is 6.42 Å². The normalized spacial score (nSPS) is 16.4. The number of hydrogen-bond acceptors (Lipinski definition) is 6. The monoisotopic (exact) mass is 279 g/mol. The fourth-order valence-electron chi connectivity index (χ4n) is 2.64. The Kier molecular flexibility index (Phi) is 3.14. The van der Waals surface area contributed by atoms with E-state index in [1.54, 1.807) is 0 Å². The Morgan fingerprint density at radius 2 is 2.05 bits per heavy atom. The van der Waals surface area contributed by atoms with Gasteiger partial charge in [0.2, 0.25) is 4.96 Å². The van der Waals surface area contributed by atoms with Gasteiger partial charge in [-0.25, -0.2) is 0 Å². The van der Waals surface area contributed by atoms with Crippen LogP contribution in [0.5, 0.6) is 0 Å². The summed E-state index contributed by atoms with van der Waals surface area (Å²) in [6.45, 7) is 0. The van der Waals surface area contributed by atoms with Crippen LogP contribution in [0.2, 0.25) is 0 Å². The first-order valence-electron chi connectivity index (χ1n) is 6.59. The second kappa shape index (κ2) is 4.80. The summed E-state index contributed by atoms with van der Waals surface area (Å²) in [5, 5.41) is 5.23. The van der Waals surface area contributed by atoms with Crippen LogP contribution in [0.25, 0.3) is 4.96 Å². The molecule has 1 saturated carbocycles. The van der Waals surface area contributed by atoms with Crippen molar-refractivity contribution in [3.05, 3.63) is 15.4 Å². The fraction of sp³-hybridized carbons (Fsp3) is 0.583. The van der Waals surface area contributed by atoms with Crippen LogP contribution in [-0.4, -0.2) is 14.6 Å². The molecule has 0 spiro atoms. The quantitative estimate of drug-likeness (QED) is 0.885. The number of nitrogens with two attached hydrogens (primary N) is 2. The number of nitrogen functional groups attached to an aromatic ring is 2. The van der Waals surface area contributed by atoms with Crippen molar-refractivity contribution in [3.8, 4) is 0 Å². The van der Waals surface area contributed by atoms with Gasteiger partial charge in [-0.2, -0.15) is 14.6 Å². The number of aromatic nitrogens is 3. The highest BCUT2D eigenvalue weighted by Gasteiger charge is 2.17. The van der Waals surface area contributed by atoms with E-state index in [0.717, 1.165) is 23.8 Å². The molecular formula is C12H17N5OS. The van der Waals surface area contributed by atoms with Gasteiger partial charge in [-0.15, -0.1) is 0 Å². The molecule has 0 saturated heterocycles. The van der Waals surface area contributed by atoms with Crippen molar-refractivity contribution in [2.24, 2.45) is 5.92 Å². The SMILES string of the molecule is Nc1nc2sc(CCC3CCCC3)nn2c(=O)c1N. The third-order valence-electron chi connectivity index (χ3n) is 3.76. The summed E-state index contributed by atoms with van der Waals surface area (Å²) in [5.41, 5.74) is 10.8. The molecule has 0 aliphatic heterocycles. The van der Waals surface area contributed by atoms with Crippen LogP contribution in [0.15, 0.2) is 4.79 Å². The molecule has 4 N–H and O–H groups in total. The van der Waals surface area contributed by atoms with E-state index in [1.807, 2.05) is 0 Å². The van der Waals surface area contributed by atoms with E-state index in [4.69, 9.17) is 11.5 Å². The molecule has 2 heterocycles. The average molecular weight is 279 g/mol. The molecule has 1 aliphatic carbocycles. The highest BCUT2D eigenvalue weighted by Crippen LogP contribution is 2.29. The fourth-order valence-corrected chi connectivity index (χ4v) is 3.55. The van der Waals surface area contributed by atoms with Crippen LogP contribution in [0, 0.1) is 5.92 Å². The van der Waals surface area contributed by atoms with Crippen LogP contribution >= 0.6 is 11.3 Å². The van der Waals surface area contributed by atoms with Crippen molar-refractivity contribution in [1.82, 2.24) is 14.6 Å². The molecule has 0 radical (unpaired) electrons. The molecule has 2 aromatic heterocycles. The van der Waals surface area contributed by atoms with Crippen LogP contribution in [-0.2, 0) is 6.42 Å². The van der Waals surface area contributed by atoms with E-state index in [9.17, 15) is 4.79 Å². The maximum atomic E-state index is 11.9. The maximum Gasteiger partial charge on any atom is 0.300 e. The van der Waals surface area contributed by atoms with Crippen molar-refractivity contribution >= 4 is 27.8 Å². The lowest BCUT2D eigenvalue weighted by Crippen LogP contribution is -2.21. The van der Waals surface area contributed by atoms with Gasteiger partial charge in [0.15, 0.2) is 5.82 Å². The summed E-state index contributed by atoms with van der Waals surface area (Å²) in [5.74, 6) is 0.905. The van der Waals surface area contributed by atoms with Gasteiger partial charge < -0.3 is 11.5 Å². The van der Waals surface area contributed by atoms with Crippen LogP contribution in [0.1, 0.15) is 37.1 Å². The molecule has 0 amide bonds. The van der Waals surface area contributed by atoms with Gasteiger partial charge in [0.25, 0.3) is 0 Å². The van der Waals surface area contributed by atoms with E-state index in [-0.39, 0.29) is 17.1 Å². The zero-order valence-corrected chi connectivity index (χ0v) is 11.4.